The number of hydrogen-bond acceptors (Lipinski definition) is 5. The van der Waals surface area contributed by atoms with Crippen LogP contribution in [-0.4, -0.2) is 33.4 Å². The molecule has 1 atom stereocenters. The molecule has 0 heterocycles. The molecule has 0 bridgehead atoms. The van der Waals surface area contributed by atoms with E-state index in [1.54, 1.807) is 12.1 Å². The Bertz CT molecular complexity index is 990. The van der Waals surface area contributed by atoms with Gasteiger partial charge in [-0.3, -0.25) is 9.59 Å². The zero-order chi connectivity index (χ0) is 20.6. The van der Waals surface area contributed by atoms with Crippen LogP contribution in [0.25, 0.3) is 0 Å². The fourth-order valence-corrected chi connectivity index (χ4v) is 3.45. The monoisotopic (exact) mass is 400 g/mol. The van der Waals surface area contributed by atoms with Crippen LogP contribution in [0.15, 0.2) is 59.5 Å². The lowest BCUT2D eigenvalue weighted by molar-refractivity contribution is -0.142. The van der Waals surface area contributed by atoms with Crippen LogP contribution in [0.1, 0.15) is 18.9 Å². The van der Waals surface area contributed by atoms with Gasteiger partial charge in [0.15, 0.2) is 0 Å². The summed E-state index contributed by atoms with van der Waals surface area (Å²) in [4.78, 5) is 23.0. The Hall–Kier alpha value is -3.15. The van der Waals surface area contributed by atoms with Crippen LogP contribution in [0.3, 0.4) is 0 Å². The van der Waals surface area contributed by atoms with Crippen molar-refractivity contribution in [3.63, 3.8) is 0 Å². The lowest BCUT2D eigenvalue weighted by atomic mass is 10.2. The second-order valence-corrected chi connectivity index (χ2v) is 7.49. The third-order valence-electron chi connectivity index (χ3n) is 3.58. The van der Waals surface area contributed by atoms with E-state index in [1.807, 2.05) is 18.2 Å². The molecule has 0 aliphatic rings. The molecule has 2 aromatic carbocycles. The van der Waals surface area contributed by atoms with Crippen molar-refractivity contribution in [2.75, 3.05) is 12.4 Å². The smallest absolute Gasteiger partial charge is 0.324 e. The molecular formula is C20H20N2O5S. The highest BCUT2D eigenvalue weighted by Gasteiger charge is 2.25. The first-order valence-corrected chi connectivity index (χ1v) is 9.82. The summed E-state index contributed by atoms with van der Waals surface area (Å²) < 4.78 is 32.1. The van der Waals surface area contributed by atoms with Gasteiger partial charge >= 0.3 is 5.97 Å². The number of sulfonamides is 1. The van der Waals surface area contributed by atoms with Crippen molar-refractivity contribution < 1.29 is 22.7 Å². The van der Waals surface area contributed by atoms with Gasteiger partial charge in [-0.15, -0.1) is 0 Å². The van der Waals surface area contributed by atoms with E-state index in [9.17, 15) is 18.0 Å². The number of benzene rings is 2. The van der Waals surface area contributed by atoms with E-state index in [2.05, 4.69) is 26.6 Å². The van der Waals surface area contributed by atoms with Crippen molar-refractivity contribution >= 4 is 27.6 Å². The summed E-state index contributed by atoms with van der Waals surface area (Å²) in [6.07, 6.45) is -0.0508. The molecule has 0 saturated heterocycles. The van der Waals surface area contributed by atoms with Gasteiger partial charge in [-0.05, 0) is 36.4 Å². The van der Waals surface area contributed by atoms with E-state index >= 15 is 0 Å². The van der Waals surface area contributed by atoms with Gasteiger partial charge in [-0.1, -0.05) is 30.0 Å². The predicted octanol–water partition coefficient (Wildman–Crippen LogP) is 1.91. The van der Waals surface area contributed by atoms with Crippen LogP contribution < -0.4 is 10.0 Å². The van der Waals surface area contributed by atoms with E-state index in [-0.39, 0.29) is 17.2 Å². The van der Waals surface area contributed by atoms with Gasteiger partial charge in [0.1, 0.15) is 6.04 Å². The Morgan fingerprint density at radius 3 is 2.29 bits per heavy atom. The Morgan fingerprint density at radius 1 is 1.07 bits per heavy atom. The van der Waals surface area contributed by atoms with Gasteiger partial charge in [-0.25, -0.2) is 8.42 Å². The van der Waals surface area contributed by atoms with Crippen molar-refractivity contribution in [3.8, 4) is 11.8 Å². The summed E-state index contributed by atoms with van der Waals surface area (Å²) in [7, 11) is -2.81. The van der Waals surface area contributed by atoms with E-state index in [0.29, 0.717) is 5.69 Å². The Balaban J connectivity index is 2.15. The molecule has 2 rings (SSSR count). The number of esters is 1. The SMILES string of the molecule is COC(=O)C(CC#Cc1ccccc1)NS(=O)(=O)c1ccc(NC(C)=O)cc1. The van der Waals surface area contributed by atoms with Gasteiger partial charge < -0.3 is 10.1 Å². The van der Waals surface area contributed by atoms with Crippen LogP contribution in [-0.2, 0) is 24.3 Å². The number of rotatable bonds is 6. The van der Waals surface area contributed by atoms with Gasteiger partial charge in [0.2, 0.25) is 15.9 Å². The average Bonchev–Trinajstić information content (AvgIpc) is 2.67. The van der Waals surface area contributed by atoms with Crippen molar-refractivity contribution in [2.45, 2.75) is 24.3 Å². The summed E-state index contributed by atoms with van der Waals surface area (Å²) in [5, 5.41) is 2.55. The highest BCUT2D eigenvalue weighted by molar-refractivity contribution is 7.89. The van der Waals surface area contributed by atoms with Crippen LogP contribution in [0, 0.1) is 11.8 Å². The highest BCUT2D eigenvalue weighted by Crippen LogP contribution is 2.15. The van der Waals surface area contributed by atoms with Gasteiger partial charge in [0.25, 0.3) is 0 Å². The van der Waals surface area contributed by atoms with Gasteiger partial charge in [-0.2, -0.15) is 4.72 Å². The molecule has 1 unspecified atom stereocenters. The normalized spacial score (nSPS) is 11.6. The number of nitrogens with one attached hydrogen (secondary N) is 2. The minimum absolute atomic E-state index is 0.0495. The molecule has 2 N–H and O–H groups in total. The predicted molar refractivity (Wildman–Crippen MR) is 105 cm³/mol. The molecule has 2 aromatic rings. The standard InChI is InChI=1S/C20H20N2O5S/c1-15(23)21-17-11-13-18(14-12-17)28(25,26)22-19(20(24)27-2)10-6-9-16-7-4-3-5-8-16/h3-5,7-8,11-14,19,22H,10H2,1-2H3,(H,21,23). The number of anilines is 1. The maximum atomic E-state index is 12.6. The maximum absolute atomic E-state index is 12.6. The molecule has 0 aliphatic heterocycles. The summed E-state index contributed by atoms with van der Waals surface area (Å²) >= 11 is 0. The number of carbonyl (C=O) groups is 2. The lowest BCUT2D eigenvalue weighted by Crippen LogP contribution is -2.41. The van der Waals surface area contributed by atoms with E-state index in [1.165, 1.54) is 38.3 Å². The average molecular weight is 400 g/mol. The van der Waals surface area contributed by atoms with Gasteiger partial charge in [0, 0.05) is 24.6 Å². The number of hydrogen-bond donors (Lipinski definition) is 2. The van der Waals surface area contributed by atoms with Crippen LogP contribution in [0.5, 0.6) is 0 Å². The maximum Gasteiger partial charge on any atom is 0.324 e. The number of ether oxygens (including phenoxy) is 1. The molecule has 0 aromatic heterocycles. The molecule has 28 heavy (non-hydrogen) atoms. The third kappa shape index (κ3) is 6.23. The van der Waals surface area contributed by atoms with E-state index < -0.39 is 22.0 Å². The topological polar surface area (TPSA) is 102 Å². The van der Waals surface area contributed by atoms with Crippen molar-refractivity contribution in [1.29, 1.82) is 0 Å². The molecule has 7 nitrogen and oxygen atoms in total. The largest absolute Gasteiger partial charge is 0.468 e. The van der Waals surface area contributed by atoms with E-state index in [4.69, 9.17) is 0 Å². The van der Waals surface area contributed by atoms with Crippen molar-refractivity contribution in [3.05, 3.63) is 60.2 Å². The molecule has 1 amide bonds. The highest BCUT2D eigenvalue weighted by atomic mass is 32.2. The molecule has 8 heteroatoms. The first-order chi connectivity index (χ1) is 13.3. The second-order valence-electron chi connectivity index (χ2n) is 5.77. The molecule has 0 spiro atoms. The van der Waals surface area contributed by atoms with Crippen LogP contribution in [0.4, 0.5) is 5.69 Å². The molecule has 0 saturated carbocycles. The minimum Gasteiger partial charge on any atom is -0.468 e. The van der Waals surface area contributed by atoms with Crippen molar-refractivity contribution in [2.24, 2.45) is 0 Å². The summed E-state index contributed by atoms with van der Waals surface area (Å²) in [6, 6.07) is 13.5. The first kappa shape index (κ1) is 21.2. The lowest BCUT2D eigenvalue weighted by Gasteiger charge is -2.14. The number of carbonyl (C=O) groups excluding carboxylic acids is 2. The summed E-state index contributed by atoms with van der Waals surface area (Å²) in [5.74, 6) is 4.67. The third-order valence-corrected chi connectivity index (χ3v) is 5.07. The molecule has 0 aliphatic carbocycles. The minimum atomic E-state index is -3.99. The second kappa shape index (κ2) is 9.69. The number of methoxy groups -OCH3 is 1. The van der Waals surface area contributed by atoms with Crippen LogP contribution >= 0.6 is 0 Å². The Labute approximate surface area is 164 Å². The van der Waals surface area contributed by atoms with Gasteiger partial charge in [0.05, 0.1) is 12.0 Å². The zero-order valence-electron chi connectivity index (χ0n) is 15.4. The van der Waals surface area contributed by atoms with E-state index in [0.717, 1.165) is 5.56 Å². The fourth-order valence-electron chi connectivity index (χ4n) is 2.27. The zero-order valence-corrected chi connectivity index (χ0v) is 16.2. The quantitative estimate of drug-likeness (QED) is 0.570. The fraction of sp³-hybridized carbons (Fsp3) is 0.200. The molecule has 0 fully saturated rings. The first-order valence-electron chi connectivity index (χ1n) is 8.33. The Kier molecular flexibility index (Phi) is 7.32. The molecule has 0 radical (unpaired) electrons. The number of amides is 1. The molecule has 146 valence electrons. The Morgan fingerprint density at radius 2 is 1.71 bits per heavy atom. The summed E-state index contributed by atoms with van der Waals surface area (Å²) in [6.45, 7) is 1.35. The summed E-state index contributed by atoms with van der Waals surface area (Å²) in [5.41, 5.74) is 1.22. The van der Waals surface area contributed by atoms with Crippen LogP contribution in [0.2, 0.25) is 0 Å². The van der Waals surface area contributed by atoms with Crippen molar-refractivity contribution in [1.82, 2.24) is 4.72 Å². The molecular weight excluding hydrogens is 380 g/mol.